The number of hydrogen-bond acceptors (Lipinski definition) is 3. The Morgan fingerprint density at radius 2 is 1.68 bits per heavy atom. The Bertz CT molecular complexity index is 1230. The number of carbonyl (C=O) groups is 2. The van der Waals surface area contributed by atoms with Gasteiger partial charge in [-0.15, -0.1) is 0 Å². The summed E-state index contributed by atoms with van der Waals surface area (Å²) in [5.74, 6) is -2.16. The molecule has 1 fully saturated rings. The van der Waals surface area contributed by atoms with Gasteiger partial charge in [0.2, 0.25) is 5.91 Å². The van der Waals surface area contributed by atoms with Gasteiger partial charge in [-0.05, 0) is 56.6 Å². The molecule has 1 heterocycles. The molecule has 0 saturated carbocycles. The highest BCUT2D eigenvalue weighted by Gasteiger charge is 2.44. The summed E-state index contributed by atoms with van der Waals surface area (Å²) in [4.78, 5) is 28.3. The van der Waals surface area contributed by atoms with Crippen LogP contribution in [0.25, 0.3) is 0 Å². The van der Waals surface area contributed by atoms with Crippen LogP contribution in [-0.4, -0.2) is 28.7 Å². The molecule has 0 aliphatic carbocycles. The normalized spacial score (nSPS) is 18.1. The lowest BCUT2D eigenvalue weighted by atomic mass is 9.95. The number of anilines is 1. The van der Waals surface area contributed by atoms with E-state index in [9.17, 15) is 18.4 Å². The van der Waals surface area contributed by atoms with E-state index in [0.29, 0.717) is 35.7 Å². The molecule has 0 radical (unpaired) electrons. The van der Waals surface area contributed by atoms with Gasteiger partial charge in [0.05, 0.1) is 11.2 Å². The molecule has 1 amide bonds. The lowest BCUT2D eigenvalue weighted by molar-refractivity contribution is -0.125. The van der Waals surface area contributed by atoms with Gasteiger partial charge in [-0.1, -0.05) is 53.5 Å². The summed E-state index contributed by atoms with van der Waals surface area (Å²) in [6.45, 7) is 2.13. The van der Waals surface area contributed by atoms with E-state index < -0.39 is 17.2 Å². The minimum atomic E-state index is -1.04. The van der Waals surface area contributed by atoms with Crippen LogP contribution in [0.5, 0.6) is 0 Å². The fourth-order valence-electron chi connectivity index (χ4n) is 4.26. The van der Waals surface area contributed by atoms with E-state index in [0.717, 1.165) is 12.1 Å². The molecule has 1 aliphatic heterocycles. The third-order valence-corrected chi connectivity index (χ3v) is 6.70. The van der Waals surface area contributed by atoms with Crippen molar-refractivity contribution in [3.05, 3.63) is 99.0 Å². The van der Waals surface area contributed by atoms with E-state index in [1.807, 2.05) is 0 Å². The van der Waals surface area contributed by atoms with Crippen LogP contribution in [0.3, 0.4) is 0 Å². The quantitative estimate of drug-likeness (QED) is 0.391. The Morgan fingerprint density at radius 1 is 1.00 bits per heavy atom. The van der Waals surface area contributed by atoms with E-state index in [1.165, 1.54) is 6.07 Å². The number of nitrogens with zero attached hydrogens (tertiary/aromatic N) is 1. The maximum absolute atomic E-state index is 14.4. The van der Waals surface area contributed by atoms with Gasteiger partial charge in [0.25, 0.3) is 0 Å². The van der Waals surface area contributed by atoms with Crippen LogP contribution in [0.1, 0.15) is 41.3 Å². The lowest BCUT2D eigenvalue weighted by Crippen LogP contribution is -2.50. The smallest absolute Gasteiger partial charge is 0.244 e. The molecule has 0 unspecified atom stereocenters. The topological polar surface area (TPSA) is 49.4 Å². The predicted octanol–water partition coefficient (Wildman–Crippen LogP) is 6.50. The minimum absolute atomic E-state index is 0.0287. The van der Waals surface area contributed by atoms with Crippen LogP contribution in [0, 0.1) is 11.6 Å². The third kappa shape index (κ3) is 4.85. The maximum atomic E-state index is 14.4. The Hall–Kier alpha value is -2.80. The van der Waals surface area contributed by atoms with Crippen molar-refractivity contribution < 1.29 is 18.4 Å². The summed E-state index contributed by atoms with van der Waals surface area (Å²) < 4.78 is 28.8. The minimum Gasteiger partial charge on any atom is -0.324 e. The number of nitrogens with one attached hydrogen (secondary N) is 1. The first-order valence-corrected chi connectivity index (χ1v) is 11.5. The highest BCUT2D eigenvalue weighted by atomic mass is 35.5. The van der Waals surface area contributed by atoms with E-state index in [-0.39, 0.29) is 34.4 Å². The van der Waals surface area contributed by atoms with E-state index in [2.05, 4.69) is 5.32 Å². The van der Waals surface area contributed by atoms with Crippen molar-refractivity contribution in [3.63, 3.8) is 0 Å². The zero-order chi connectivity index (χ0) is 24.5. The van der Waals surface area contributed by atoms with Crippen molar-refractivity contribution in [2.24, 2.45) is 0 Å². The van der Waals surface area contributed by atoms with E-state index in [1.54, 1.807) is 54.3 Å². The Labute approximate surface area is 206 Å². The molecule has 176 valence electrons. The van der Waals surface area contributed by atoms with Crippen LogP contribution >= 0.6 is 23.2 Å². The second-order valence-corrected chi connectivity index (χ2v) is 9.36. The van der Waals surface area contributed by atoms with E-state index >= 15 is 0 Å². The molecule has 0 spiro atoms. The predicted molar refractivity (Wildman–Crippen MR) is 129 cm³/mol. The highest BCUT2D eigenvalue weighted by Crippen LogP contribution is 2.34. The average Bonchev–Trinajstić information content (AvgIpc) is 3.19. The van der Waals surface area contributed by atoms with Crippen molar-refractivity contribution in [2.45, 2.75) is 31.8 Å². The van der Waals surface area contributed by atoms with Crippen LogP contribution in [-0.2, 0) is 11.3 Å². The summed E-state index contributed by atoms with van der Waals surface area (Å²) in [7, 11) is 0. The molecule has 1 atom stereocenters. The molecule has 1 saturated heterocycles. The molecule has 3 aromatic carbocycles. The van der Waals surface area contributed by atoms with Crippen LogP contribution in [0.15, 0.2) is 60.7 Å². The number of carbonyl (C=O) groups excluding carboxylic acids is 2. The van der Waals surface area contributed by atoms with Gasteiger partial charge in [0.15, 0.2) is 5.78 Å². The second-order valence-electron chi connectivity index (χ2n) is 8.49. The van der Waals surface area contributed by atoms with Crippen molar-refractivity contribution in [1.29, 1.82) is 0 Å². The molecule has 1 N–H and O–H groups in total. The van der Waals surface area contributed by atoms with Gasteiger partial charge in [-0.2, -0.15) is 0 Å². The Morgan fingerprint density at radius 3 is 2.35 bits per heavy atom. The summed E-state index contributed by atoms with van der Waals surface area (Å²) in [6.07, 6.45) is 1.17. The van der Waals surface area contributed by atoms with Gasteiger partial charge in [0.1, 0.15) is 11.6 Å². The maximum Gasteiger partial charge on any atom is 0.244 e. The van der Waals surface area contributed by atoms with Crippen LogP contribution in [0.4, 0.5) is 14.5 Å². The number of rotatable bonds is 6. The van der Waals surface area contributed by atoms with Gasteiger partial charge in [-0.3, -0.25) is 14.5 Å². The molecular formula is C26H22Cl2F2N2O2. The Kier molecular flexibility index (Phi) is 7.03. The van der Waals surface area contributed by atoms with Crippen LogP contribution in [0.2, 0.25) is 10.0 Å². The number of halogens is 4. The Balaban J connectivity index is 1.60. The van der Waals surface area contributed by atoms with Crippen LogP contribution < -0.4 is 5.32 Å². The van der Waals surface area contributed by atoms with Gasteiger partial charge >= 0.3 is 0 Å². The van der Waals surface area contributed by atoms with Crippen molar-refractivity contribution in [3.8, 4) is 0 Å². The molecule has 34 heavy (non-hydrogen) atoms. The zero-order valence-electron chi connectivity index (χ0n) is 18.4. The molecule has 4 rings (SSSR count). The summed E-state index contributed by atoms with van der Waals surface area (Å²) in [5, 5.41) is 3.19. The fourth-order valence-corrected chi connectivity index (χ4v) is 4.62. The largest absolute Gasteiger partial charge is 0.324 e. The molecule has 0 aromatic heterocycles. The highest BCUT2D eigenvalue weighted by molar-refractivity contribution is 6.31. The number of ketones is 1. The summed E-state index contributed by atoms with van der Waals surface area (Å²) in [6, 6.07) is 15.5. The first kappa shape index (κ1) is 24.3. The number of hydrogen-bond donors (Lipinski definition) is 1. The second kappa shape index (κ2) is 9.82. The first-order valence-electron chi connectivity index (χ1n) is 10.8. The van der Waals surface area contributed by atoms with Gasteiger partial charge in [0, 0.05) is 33.3 Å². The first-order chi connectivity index (χ1) is 16.2. The number of benzene rings is 3. The monoisotopic (exact) mass is 502 g/mol. The molecule has 1 aliphatic rings. The SMILES string of the molecule is C[C@]1(C(=O)Nc2ccc(Cl)cc2C(=O)c2ccccc2)CCCN1Cc1c(F)cc(Cl)cc1F. The molecule has 3 aromatic rings. The lowest BCUT2D eigenvalue weighted by Gasteiger charge is -2.34. The third-order valence-electron chi connectivity index (χ3n) is 6.24. The molecular weight excluding hydrogens is 481 g/mol. The standard InChI is InChI=1S/C26H22Cl2F2N2O2/c1-26(10-5-11-32(26)15-20-21(29)13-18(28)14-22(20)30)25(34)31-23-9-8-17(27)12-19(23)24(33)16-6-3-2-4-7-16/h2-4,6-9,12-14H,5,10-11,15H2,1H3,(H,31,34)/t26-/m1/s1. The molecule has 0 bridgehead atoms. The van der Waals surface area contributed by atoms with E-state index in [4.69, 9.17) is 23.2 Å². The van der Waals surface area contributed by atoms with Crippen molar-refractivity contribution in [1.82, 2.24) is 4.90 Å². The van der Waals surface area contributed by atoms with Crippen molar-refractivity contribution >= 4 is 40.6 Å². The summed E-state index contributed by atoms with van der Waals surface area (Å²) >= 11 is 11.9. The van der Waals surface area contributed by atoms with Gasteiger partial charge in [-0.25, -0.2) is 8.78 Å². The summed E-state index contributed by atoms with van der Waals surface area (Å²) in [5.41, 5.74) is -0.139. The average molecular weight is 503 g/mol. The van der Waals surface area contributed by atoms with Gasteiger partial charge < -0.3 is 5.32 Å². The fraction of sp³-hybridized carbons (Fsp3) is 0.231. The van der Waals surface area contributed by atoms with Crippen molar-refractivity contribution in [2.75, 3.05) is 11.9 Å². The molecule has 8 heteroatoms. The zero-order valence-corrected chi connectivity index (χ0v) is 19.9. The molecule has 4 nitrogen and oxygen atoms in total. The number of amides is 1. The number of likely N-dealkylation sites (tertiary alicyclic amines) is 1.